The summed E-state index contributed by atoms with van der Waals surface area (Å²) in [4.78, 5) is 4.77. The molecule has 2 rings (SSSR count). The van der Waals surface area contributed by atoms with Crippen LogP contribution in [0.3, 0.4) is 0 Å². The molecule has 6 nitrogen and oxygen atoms in total. The molecule has 1 aromatic heterocycles. The number of rotatable bonds is 9. The van der Waals surface area contributed by atoms with Crippen LogP contribution in [0, 0.1) is 5.41 Å². The van der Waals surface area contributed by atoms with Gasteiger partial charge in [0.1, 0.15) is 12.4 Å². The maximum Gasteiger partial charge on any atom is 0.191 e. The van der Waals surface area contributed by atoms with Crippen molar-refractivity contribution in [1.29, 1.82) is 0 Å². The van der Waals surface area contributed by atoms with Crippen LogP contribution in [0.15, 0.2) is 4.99 Å². The van der Waals surface area contributed by atoms with Gasteiger partial charge in [0.25, 0.3) is 0 Å². The summed E-state index contributed by atoms with van der Waals surface area (Å²) in [7, 11) is 0. The van der Waals surface area contributed by atoms with Crippen molar-refractivity contribution in [3.05, 3.63) is 11.6 Å². The van der Waals surface area contributed by atoms with Crippen LogP contribution >= 0.6 is 0 Å². The fraction of sp³-hybridized carbons (Fsp3) is 0.850. The summed E-state index contributed by atoms with van der Waals surface area (Å²) in [6.45, 7) is 12.4. The molecule has 0 atom stereocenters. The Morgan fingerprint density at radius 1 is 1.12 bits per heavy atom. The van der Waals surface area contributed by atoms with E-state index in [1.165, 1.54) is 44.9 Å². The molecular formula is C20H38N6. The van der Waals surface area contributed by atoms with Crippen molar-refractivity contribution < 1.29 is 0 Å². The van der Waals surface area contributed by atoms with Crippen molar-refractivity contribution >= 4 is 5.96 Å². The first-order valence-electron chi connectivity index (χ1n) is 10.5. The number of nitrogens with zero attached hydrogens (tertiary/aromatic N) is 4. The lowest BCUT2D eigenvalue weighted by Gasteiger charge is -2.26. The van der Waals surface area contributed by atoms with Gasteiger partial charge in [0, 0.05) is 26.1 Å². The summed E-state index contributed by atoms with van der Waals surface area (Å²) in [6, 6.07) is 0. The molecule has 0 aromatic carbocycles. The molecule has 0 fully saturated rings. The van der Waals surface area contributed by atoms with E-state index in [9.17, 15) is 0 Å². The van der Waals surface area contributed by atoms with E-state index in [2.05, 4.69) is 53.1 Å². The summed E-state index contributed by atoms with van der Waals surface area (Å²) in [5.41, 5.74) is 0.275. The number of aliphatic imine (C=N–C) groups is 1. The molecule has 0 aliphatic carbocycles. The lowest BCUT2D eigenvalue weighted by Crippen LogP contribution is -2.42. The van der Waals surface area contributed by atoms with Gasteiger partial charge in [-0.2, -0.15) is 0 Å². The van der Waals surface area contributed by atoms with Crippen LogP contribution in [0.1, 0.15) is 84.3 Å². The molecule has 1 aromatic rings. The Morgan fingerprint density at radius 2 is 1.96 bits per heavy atom. The molecule has 2 heterocycles. The third-order valence-electron chi connectivity index (χ3n) is 5.10. The van der Waals surface area contributed by atoms with E-state index in [-0.39, 0.29) is 5.41 Å². The summed E-state index contributed by atoms with van der Waals surface area (Å²) in [5, 5.41) is 15.6. The molecule has 6 heteroatoms. The van der Waals surface area contributed by atoms with E-state index in [4.69, 9.17) is 4.99 Å². The van der Waals surface area contributed by atoms with E-state index >= 15 is 0 Å². The second-order valence-corrected chi connectivity index (χ2v) is 8.16. The van der Waals surface area contributed by atoms with Gasteiger partial charge in [-0.1, -0.05) is 46.5 Å². The van der Waals surface area contributed by atoms with Crippen molar-refractivity contribution in [2.75, 3.05) is 13.1 Å². The second kappa shape index (κ2) is 10.5. The molecular weight excluding hydrogens is 324 g/mol. The van der Waals surface area contributed by atoms with Gasteiger partial charge in [-0.25, -0.2) is 4.99 Å². The Labute approximate surface area is 159 Å². The topological polar surface area (TPSA) is 67.1 Å². The maximum absolute atomic E-state index is 4.77. The zero-order chi connectivity index (χ0) is 18.8. The number of hydrogen-bond donors (Lipinski definition) is 2. The number of aryl methyl sites for hydroxylation is 1. The summed E-state index contributed by atoms with van der Waals surface area (Å²) < 4.78 is 2.27. The molecule has 0 saturated heterocycles. The van der Waals surface area contributed by atoms with Crippen molar-refractivity contribution in [2.24, 2.45) is 10.4 Å². The quantitative estimate of drug-likeness (QED) is 0.400. The first-order chi connectivity index (χ1) is 12.6. The second-order valence-electron chi connectivity index (χ2n) is 8.16. The maximum atomic E-state index is 4.77. The Balaban J connectivity index is 1.93. The van der Waals surface area contributed by atoms with Crippen LogP contribution in [0.2, 0.25) is 0 Å². The molecule has 0 saturated carbocycles. The molecule has 1 aliphatic rings. The number of hydrogen-bond acceptors (Lipinski definition) is 3. The number of nitrogens with one attached hydrogen (secondary N) is 2. The molecule has 0 bridgehead atoms. The fourth-order valence-corrected chi connectivity index (χ4v) is 3.42. The van der Waals surface area contributed by atoms with Crippen molar-refractivity contribution in [1.82, 2.24) is 25.4 Å². The molecule has 0 spiro atoms. The average molecular weight is 363 g/mol. The zero-order valence-electron chi connectivity index (χ0n) is 17.3. The minimum atomic E-state index is 0.275. The van der Waals surface area contributed by atoms with Gasteiger partial charge in [0.2, 0.25) is 0 Å². The van der Waals surface area contributed by atoms with Crippen molar-refractivity contribution in [3.8, 4) is 0 Å². The lowest BCUT2D eigenvalue weighted by molar-refractivity contribution is 0.318. The molecule has 1 aliphatic heterocycles. The van der Waals surface area contributed by atoms with E-state index in [1.807, 2.05) is 0 Å². The molecule has 0 radical (unpaired) electrons. The third kappa shape index (κ3) is 6.61. The first-order valence-corrected chi connectivity index (χ1v) is 10.5. The van der Waals surface area contributed by atoms with Crippen molar-refractivity contribution in [2.45, 2.75) is 92.2 Å². The highest BCUT2D eigenvalue weighted by atomic mass is 15.3. The van der Waals surface area contributed by atoms with E-state index in [1.54, 1.807) is 0 Å². The van der Waals surface area contributed by atoms with E-state index < -0.39 is 0 Å². The van der Waals surface area contributed by atoms with Crippen LogP contribution in [0.4, 0.5) is 0 Å². The van der Waals surface area contributed by atoms with Crippen LogP contribution < -0.4 is 10.6 Å². The number of unbranched alkanes of at least 4 members (excludes halogenated alkanes) is 2. The summed E-state index contributed by atoms with van der Waals surface area (Å²) in [6.07, 6.45) is 9.89. The van der Waals surface area contributed by atoms with Crippen LogP contribution in [0.25, 0.3) is 0 Å². The Morgan fingerprint density at radius 3 is 2.73 bits per heavy atom. The zero-order valence-corrected chi connectivity index (χ0v) is 17.3. The number of aromatic nitrogens is 3. The van der Waals surface area contributed by atoms with Crippen LogP contribution in [0.5, 0.6) is 0 Å². The predicted molar refractivity (Wildman–Crippen MR) is 108 cm³/mol. The highest BCUT2D eigenvalue weighted by Gasteiger charge is 2.18. The summed E-state index contributed by atoms with van der Waals surface area (Å²) >= 11 is 0. The van der Waals surface area contributed by atoms with Gasteiger partial charge in [0.15, 0.2) is 11.8 Å². The largest absolute Gasteiger partial charge is 0.357 e. The normalized spacial score (nSPS) is 15.5. The summed E-state index contributed by atoms with van der Waals surface area (Å²) in [5.74, 6) is 2.99. The average Bonchev–Trinajstić information content (AvgIpc) is 2.84. The number of fused-ring (bicyclic) bond motifs is 1. The fourth-order valence-electron chi connectivity index (χ4n) is 3.42. The minimum Gasteiger partial charge on any atom is -0.357 e. The van der Waals surface area contributed by atoms with Gasteiger partial charge >= 0.3 is 0 Å². The number of guanidine groups is 1. The standard InChI is InChI=1S/C20H38N6/c1-5-7-10-13-20(3,4)16-23-19(21-6-2)22-15-18-25-24-17-12-9-8-11-14-26(17)18/h5-16H2,1-4H3,(H2,21,22,23). The Kier molecular flexibility index (Phi) is 8.39. The molecule has 148 valence electrons. The lowest BCUT2D eigenvalue weighted by atomic mass is 9.87. The predicted octanol–water partition coefficient (Wildman–Crippen LogP) is 3.67. The highest BCUT2D eigenvalue weighted by Crippen LogP contribution is 2.22. The van der Waals surface area contributed by atoms with E-state index in [0.717, 1.165) is 43.7 Å². The van der Waals surface area contributed by atoms with Gasteiger partial charge in [-0.15, -0.1) is 10.2 Å². The van der Waals surface area contributed by atoms with Gasteiger partial charge in [0.05, 0.1) is 0 Å². The van der Waals surface area contributed by atoms with Crippen LogP contribution in [-0.4, -0.2) is 33.8 Å². The van der Waals surface area contributed by atoms with Gasteiger partial charge < -0.3 is 15.2 Å². The monoisotopic (exact) mass is 362 g/mol. The highest BCUT2D eigenvalue weighted by molar-refractivity contribution is 5.79. The molecule has 0 amide bonds. The molecule has 2 N–H and O–H groups in total. The Hall–Kier alpha value is -1.59. The van der Waals surface area contributed by atoms with E-state index in [0.29, 0.717) is 6.54 Å². The van der Waals surface area contributed by atoms with Gasteiger partial charge in [-0.05, 0) is 31.6 Å². The van der Waals surface area contributed by atoms with Crippen LogP contribution in [-0.2, 0) is 19.5 Å². The minimum absolute atomic E-state index is 0.275. The SMILES string of the molecule is CCCCCC(C)(C)CNC(=NCc1nnc2n1CCCCC2)NCC. The Bertz CT molecular complexity index is 561. The molecule has 26 heavy (non-hydrogen) atoms. The third-order valence-corrected chi connectivity index (χ3v) is 5.10. The first kappa shape index (κ1) is 20.7. The van der Waals surface area contributed by atoms with Crippen molar-refractivity contribution in [3.63, 3.8) is 0 Å². The molecule has 0 unspecified atom stereocenters. The van der Waals surface area contributed by atoms with Gasteiger partial charge in [-0.3, -0.25) is 0 Å². The smallest absolute Gasteiger partial charge is 0.191 e.